The van der Waals surface area contributed by atoms with Crippen molar-refractivity contribution in [3.05, 3.63) is 42.9 Å². The molecule has 0 amide bonds. The second-order valence-electron chi connectivity index (χ2n) is 7.01. The summed E-state index contributed by atoms with van der Waals surface area (Å²) >= 11 is 0. The van der Waals surface area contributed by atoms with Crippen molar-refractivity contribution in [2.45, 2.75) is 20.3 Å². The minimum atomic E-state index is 0.925. The summed E-state index contributed by atoms with van der Waals surface area (Å²) < 4.78 is 2.26. The predicted molar refractivity (Wildman–Crippen MR) is 114 cm³/mol. The predicted octanol–water partition coefficient (Wildman–Crippen LogP) is 4.42. The number of hydrogen-bond acceptors (Lipinski definition) is 4. The number of hydrogen-bond donors (Lipinski definition) is 1. The molecule has 3 aromatic heterocycles. The van der Waals surface area contributed by atoms with E-state index < -0.39 is 0 Å². The summed E-state index contributed by atoms with van der Waals surface area (Å²) in [5.74, 6) is 0.973. The lowest BCUT2D eigenvalue weighted by Gasteiger charge is -2.17. The SMILES string of the molecule is CCN(CC)CCCNc1nccc2c1c1cc3cnccc3cc1n2C. The molecule has 4 rings (SSSR count). The van der Waals surface area contributed by atoms with Gasteiger partial charge in [0.1, 0.15) is 5.82 Å². The summed E-state index contributed by atoms with van der Waals surface area (Å²) in [5, 5.41) is 8.38. The maximum absolute atomic E-state index is 4.65. The summed E-state index contributed by atoms with van der Waals surface area (Å²) in [7, 11) is 2.13. The molecule has 0 saturated carbocycles. The molecule has 0 fully saturated rings. The molecule has 4 aromatic rings. The standard InChI is InChI=1S/C22H27N5/c1-4-27(5-2)12-6-9-24-22-21-18-13-17-15-23-10-7-16(17)14-20(18)26(3)19(21)8-11-25-22/h7-8,10-11,13-15H,4-6,9,12H2,1-3H3,(H,24,25). The average Bonchev–Trinajstić information content (AvgIpc) is 2.99. The largest absolute Gasteiger partial charge is 0.369 e. The summed E-state index contributed by atoms with van der Waals surface area (Å²) in [6.07, 6.45) is 6.79. The van der Waals surface area contributed by atoms with E-state index in [1.807, 2.05) is 18.6 Å². The first-order chi connectivity index (χ1) is 13.2. The number of benzene rings is 1. The van der Waals surface area contributed by atoms with Gasteiger partial charge in [0.15, 0.2) is 0 Å². The van der Waals surface area contributed by atoms with Crippen LogP contribution in [0.15, 0.2) is 42.9 Å². The summed E-state index contributed by atoms with van der Waals surface area (Å²) in [4.78, 5) is 11.4. The Morgan fingerprint density at radius 2 is 1.89 bits per heavy atom. The van der Waals surface area contributed by atoms with Crippen molar-refractivity contribution in [2.24, 2.45) is 7.05 Å². The number of fused-ring (bicyclic) bond motifs is 4. The Kier molecular flexibility index (Phi) is 4.94. The van der Waals surface area contributed by atoms with Gasteiger partial charge in [-0.15, -0.1) is 0 Å². The zero-order valence-corrected chi connectivity index (χ0v) is 16.4. The van der Waals surface area contributed by atoms with E-state index in [1.165, 1.54) is 27.2 Å². The molecule has 1 N–H and O–H groups in total. The van der Waals surface area contributed by atoms with Crippen LogP contribution in [-0.4, -0.2) is 45.6 Å². The molecule has 0 unspecified atom stereocenters. The maximum atomic E-state index is 4.65. The Bertz CT molecular complexity index is 1080. The Morgan fingerprint density at radius 1 is 1.04 bits per heavy atom. The molecule has 5 heteroatoms. The van der Waals surface area contributed by atoms with Crippen molar-refractivity contribution in [3.63, 3.8) is 0 Å². The van der Waals surface area contributed by atoms with Crippen molar-refractivity contribution in [1.82, 2.24) is 19.4 Å². The highest BCUT2D eigenvalue weighted by Gasteiger charge is 2.13. The Balaban J connectivity index is 1.71. The van der Waals surface area contributed by atoms with Crippen LogP contribution in [0.5, 0.6) is 0 Å². The lowest BCUT2D eigenvalue weighted by atomic mass is 10.1. The molecule has 1 aromatic carbocycles. The van der Waals surface area contributed by atoms with Gasteiger partial charge in [0, 0.05) is 53.9 Å². The molecule has 0 aliphatic carbocycles. The van der Waals surface area contributed by atoms with Gasteiger partial charge in [-0.3, -0.25) is 4.98 Å². The Labute approximate surface area is 160 Å². The van der Waals surface area contributed by atoms with E-state index in [4.69, 9.17) is 0 Å². The van der Waals surface area contributed by atoms with Crippen molar-refractivity contribution >= 4 is 38.4 Å². The van der Waals surface area contributed by atoms with Gasteiger partial charge in [0.25, 0.3) is 0 Å². The normalized spacial score (nSPS) is 11.9. The third-order valence-corrected chi connectivity index (χ3v) is 5.51. The number of aromatic nitrogens is 3. The quantitative estimate of drug-likeness (QED) is 0.495. The van der Waals surface area contributed by atoms with Crippen LogP contribution < -0.4 is 5.32 Å². The summed E-state index contributed by atoms with van der Waals surface area (Å²) in [5.41, 5.74) is 2.43. The summed E-state index contributed by atoms with van der Waals surface area (Å²) in [6.45, 7) is 8.68. The lowest BCUT2D eigenvalue weighted by molar-refractivity contribution is 0.303. The highest BCUT2D eigenvalue weighted by Crippen LogP contribution is 2.34. The van der Waals surface area contributed by atoms with Crippen molar-refractivity contribution in [1.29, 1.82) is 0 Å². The first-order valence-corrected chi connectivity index (χ1v) is 9.80. The van der Waals surface area contributed by atoms with Crippen LogP contribution in [0, 0.1) is 0 Å². The molecule has 27 heavy (non-hydrogen) atoms. The second kappa shape index (κ2) is 7.53. The molecule has 0 atom stereocenters. The topological polar surface area (TPSA) is 46.0 Å². The van der Waals surface area contributed by atoms with E-state index in [1.54, 1.807) is 0 Å². The van der Waals surface area contributed by atoms with Crippen LogP contribution in [0.2, 0.25) is 0 Å². The fourth-order valence-corrected chi connectivity index (χ4v) is 3.91. The molecule has 140 valence electrons. The smallest absolute Gasteiger partial charge is 0.136 e. The molecule has 0 aliphatic rings. The van der Waals surface area contributed by atoms with E-state index >= 15 is 0 Å². The lowest BCUT2D eigenvalue weighted by Crippen LogP contribution is -2.25. The minimum absolute atomic E-state index is 0.925. The van der Waals surface area contributed by atoms with Gasteiger partial charge in [-0.1, -0.05) is 13.8 Å². The molecule has 0 bridgehead atoms. The monoisotopic (exact) mass is 361 g/mol. The molecule has 3 heterocycles. The second-order valence-corrected chi connectivity index (χ2v) is 7.01. The first-order valence-electron chi connectivity index (χ1n) is 9.80. The Morgan fingerprint density at radius 3 is 2.70 bits per heavy atom. The van der Waals surface area contributed by atoms with Gasteiger partial charge in [0.2, 0.25) is 0 Å². The number of nitrogens with one attached hydrogen (secondary N) is 1. The molecular weight excluding hydrogens is 334 g/mol. The maximum Gasteiger partial charge on any atom is 0.136 e. The van der Waals surface area contributed by atoms with Crippen molar-refractivity contribution in [2.75, 3.05) is 31.5 Å². The third kappa shape index (κ3) is 3.23. The van der Waals surface area contributed by atoms with E-state index in [-0.39, 0.29) is 0 Å². The van der Waals surface area contributed by atoms with Crippen LogP contribution >= 0.6 is 0 Å². The van der Waals surface area contributed by atoms with Gasteiger partial charge in [-0.25, -0.2) is 4.98 Å². The molecular formula is C22H27N5. The molecule has 0 spiro atoms. The minimum Gasteiger partial charge on any atom is -0.369 e. The highest BCUT2D eigenvalue weighted by molar-refractivity contribution is 6.16. The average molecular weight is 361 g/mol. The van der Waals surface area contributed by atoms with E-state index in [9.17, 15) is 0 Å². The first kappa shape index (κ1) is 17.7. The number of rotatable bonds is 7. The van der Waals surface area contributed by atoms with Gasteiger partial charge in [-0.05, 0) is 55.7 Å². The van der Waals surface area contributed by atoms with Crippen LogP contribution in [0.1, 0.15) is 20.3 Å². The molecule has 0 radical (unpaired) electrons. The number of pyridine rings is 2. The fraction of sp³-hybridized carbons (Fsp3) is 0.364. The number of nitrogens with zero attached hydrogens (tertiary/aromatic N) is 4. The Hall–Kier alpha value is -2.66. The van der Waals surface area contributed by atoms with Crippen LogP contribution in [0.3, 0.4) is 0 Å². The van der Waals surface area contributed by atoms with Gasteiger partial charge in [-0.2, -0.15) is 0 Å². The van der Waals surface area contributed by atoms with Crippen LogP contribution in [0.4, 0.5) is 5.82 Å². The zero-order chi connectivity index (χ0) is 18.8. The molecule has 0 aliphatic heterocycles. The fourth-order valence-electron chi connectivity index (χ4n) is 3.91. The highest BCUT2D eigenvalue weighted by atomic mass is 15.1. The number of anilines is 1. The van der Waals surface area contributed by atoms with Gasteiger partial charge >= 0.3 is 0 Å². The molecule has 0 saturated heterocycles. The molecule has 5 nitrogen and oxygen atoms in total. The van der Waals surface area contributed by atoms with E-state index in [0.717, 1.165) is 43.8 Å². The van der Waals surface area contributed by atoms with Crippen molar-refractivity contribution < 1.29 is 0 Å². The van der Waals surface area contributed by atoms with E-state index in [2.05, 4.69) is 69.9 Å². The van der Waals surface area contributed by atoms with E-state index in [0.29, 0.717) is 0 Å². The number of aryl methyl sites for hydroxylation is 1. The summed E-state index contributed by atoms with van der Waals surface area (Å²) in [6, 6.07) is 8.65. The van der Waals surface area contributed by atoms with Crippen LogP contribution in [-0.2, 0) is 7.05 Å². The van der Waals surface area contributed by atoms with Gasteiger partial charge in [0.05, 0.1) is 5.52 Å². The van der Waals surface area contributed by atoms with Crippen molar-refractivity contribution in [3.8, 4) is 0 Å². The van der Waals surface area contributed by atoms with Crippen LogP contribution in [0.25, 0.3) is 32.6 Å². The van der Waals surface area contributed by atoms with Gasteiger partial charge < -0.3 is 14.8 Å². The third-order valence-electron chi connectivity index (χ3n) is 5.51. The zero-order valence-electron chi connectivity index (χ0n) is 16.4.